The molecule has 23 heavy (non-hydrogen) atoms. The number of rotatable bonds is 2. The third-order valence-corrected chi connectivity index (χ3v) is 5.99. The zero-order chi connectivity index (χ0) is 15.3. The van der Waals surface area contributed by atoms with Crippen LogP contribution < -0.4 is 5.19 Å². The molecule has 0 atom stereocenters. The number of fused-ring (bicyclic) bond motifs is 3. The third kappa shape index (κ3) is 2.59. The minimum absolute atomic E-state index is 0. The van der Waals surface area contributed by atoms with E-state index in [1.54, 1.807) is 10.9 Å². The summed E-state index contributed by atoms with van der Waals surface area (Å²) in [6.07, 6.45) is 3.68. The van der Waals surface area contributed by atoms with Crippen molar-refractivity contribution in [3.05, 3.63) is 54.9 Å². The molecule has 0 amide bonds. The van der Waals surface area contributed by atoms with Crippen molar-refractivity contribution in [2.24, 2.45) is 0 Å². The molecule has 0 saturated heterocycles. The molecule has 0 fully saturated rings. The Labute approximate surface area is 149 Å². The largest absolute Gasteiger partial charge is 0.514 e. The molecule has 0 aliphatic carbocycles. The van der Waals surface area contributed by atoms with E-state index in [0.29, 0.717) is 0 Å². The van der Waals surface area contributed by atoms with Crippen LogP contribution in [0.15, 0.2) is 53.2 Å². The fourth-order valence-electron chi connectivity index (χ4n) is 2.91. The number of furan rings is 1. The van der Waals surface area contributed by atoms with Gasteiger partial charge in [-0.2, -0.15) is 23.3 Å². The molecule has 4 rings (SSSR count). The van der Waals surface area contributed by atoms with Crippen LogP contribution in [-0.4, -0.2) is 17.9 Å². The van der Waals surface area contributed by atoms with Crippen LogP contribution in [-0.2, 0) is 20.1 Å². The summed E-state index contributed by atoms with van der Waals surface area (Å²) in [6.45, 7) is 7.03. The summed E-state index contributed by atoms with van der Waals surface area (Å²) in [6, 6.07) is 15.6. The summed E-state index contributed by atoms with van der Waals surface area (Å²) in [5, 5.41) is 7.97. The number of nitrogens with zero attached hydrogens (tertiary/aromatic N) is 2. The monoisotopic (exact) mass is 498 g/mol. The van der Waals surface area contributed by atoms with E-state index in [1.165, 1.54) is 10.6 Å². The number of aromatic nitrogens is 2. The van der Waals surface area contributed by atoms with Crippen LogP contribution in [0, 0.1) is 6.07 Å². The molecule has 0 aliphatic heterocycles. The minimum atomic E-state index is -1.47. The molecule has 0 saturated carbocycles. The van der Waals surface area contributed by atoms with Gasteiger partial charge in [0.15, 0.2) is 0 Å². The Morgan fingerprint density at radius 3 is 2.52 bits per heavy atom. The van der Waals surface area contributed by atoms with Crippen LogP contribution in [0.5, 0.6) is 0 Å². The fourth-order valence-corrected chi connectivity index (χ4v) is 4.37. The second kappa shape index (κ2) is 5.75. The Morgan fingerprint density at radius 1 is 1.04 bits per heavy atom. The topological polar surface area (TPSA) is 31.0 Å². The molecule has 119 valence electrons. The fraction of sp³-hybridized carbons (Fsp3) is 0.167. The maximum absolute atomic E-state index is 6.31. The number of benzene rings is 2. The molecule has 1 radical (unpaired) electrons. The van der Waals surface area contributed by atoms with Crippen molar-refractivity contribution in [2.75, 3.05) is 0 Å². The van der Waals surface area contributed by atoms with Crippen LogP contribution in [0.3, 0.4) is 0 Å². The molecule has 5 heteroatoms. The SMILES string of the molecule is C[Si](C)(C)c1cccc2c1oc1c(-n3cccn3)[c-]ccc12.[Ir]. The van der Waals surface area contributed by atoms with Gasteiger partial charge in [-0.3, -0.25) is 4.68 Å². The summed E-state index contributed by atoms with van der Waals surface area (Å²) in [7, 11) is -1.47. The molecular weight excluding hydrogens is 481 g/mol. The van der Waals surface area contributed by atoms with Crippen molar-refractivity contribution in [2.45, 2.75) is 19.6 Å². The molecule has 0 N–H and O–H groups in total. The smallest absolute Gasteiger partial charge is 0.116 e. The van der Waals surface area contributed by atoms with E-state index in [-0.39, 0.29) is 20.1 Å². The van der Waals surface area contributed by atoms with E-state index >= 15 is 0 Å². The van der Waals surface area contributed by atoms with Crippen molar-refractivity contribution in [3.8, 4) is 5.69 Å². The first-order chi connectivity index (χ1) is 10.6. The predicted molar refractivity (Wildman–Crippen MR) is 92.7 cm³/mol. The Hall–Kier alpha value is -1.68. The van der Waals surface area contributed by atoms with Crippen molar-refractivity contribution in [1.29, 1.82) is 0 Å². The van der Waals surface area contributed by atoms with Crippen LogP contribution in [0.25, 0.3) is 27.6 Å². The van der Waals surface area contributed by atoms with Crippen molar-refractivity contribution in [3.63, 3.8) is 0 Å². The van der Waals surface area contributed by atoms with Crippen molar-refractivity contribution in [1.82, 2.24) is 9.78 Å². The van der Waals surface area contributed by atoms with Gasteiger partial charge < -0.3 is 4.42 Å². The summed E-state index contributed by atoms with van der Waals surface area (Å²) >= 11 is 0. The molecule has 2 heterocycles. The zero-order valence-corrected chi connectivity index (χ0v) is 16.6. The molecule has 0 aliphatic rings. The van der Waals surface area contributed by atoms with Gasteiger partial charge in [0.05, 0.1) is 8.07 Å². The van der Waals surface area contributed by atoms with Gasteiger partial charge in [-0.05, 0) is 16.9 Å². The van der Waals surface area contributed by atoms with E-state index in [0.717, 1.165) is 22.2 Å². The number of para-hydroxylation sites is 1. The van der Waals surface area contributed by atoms with Crippen LogP contribution in [0.4, 0.5) is 0 Å². The standard InChI is InChI=1S/C18H17N2OSi.Ir/c1-22(2,3)16-10-5-8-14-13-7-4-9-15(17(13)21-18(14)16)20-12-6-11-19-20;/h4-8,10-12H,1-3H3;/q-1;. The van der Waals surface area contributed by atoms with Crippen LogP contribution in [0.1, 0.15) is 0 Å². The first-order valence-electron chi connectivity index (χ1n) is 7.42. The van der Waals surface area contributed by atoms with Gasteiger partial charge in [0.25, 0.3) is 0 Å². The molecule has 0 unspecified atom stereocenters. The third-order valence-electron chi connectivity index (χ3n) is 3.98. The van der Waals surface area contributed by atoms with E-state index in [4.69, 9.17) is 4.42 Å². The Kier molecular flexibility index (Phi) is 4.04. The van der Waals surface area contributed by atoms with Crippen molar-refractivity contribution < 1.29 is 24.5 Å². The molecule has 0 spiro atoms. The molecule has 2 aromatic carbocycles. The second-order valence-corrected chi connectivity index (χ2v) is 11.6. The zero-order valence-electron chi connectivity index (χ0n) is 13.3. The van der Waals surface area contributed by atoms with Gasteiger partial charge >= 0.3 is 0 Å². The molecule has 4 aromatic rings. The Balaban J connectivity index is 0.00000156. The number of hydrogen-bond acceptors (Lipinski definition) is 2. The quantitative estimate of drug-likeness (QED) is 0.308. The van der Waals surface area contributed by atoms with Crippen LogP contribution >= 0.6 is 0 Å². The molecule has 2 aromatic heterocycles. The summed E-state index contributed by atoms with van der Waals surface area (Å²) < 4.78 is 8.11. The predicted octanol–water partition coefficient (Wildman–Crippen LogP) is 4.11. The van der Waals surface area contributed by atoms with E-state index in [1.807, 2.05) is 18.3 Å². The molecule has 3 nitrogen and oxygen atoms in total. The molecule has 0 bridgehead atoms. The minimum Gasteiger partial charge on any atom is -0.514 e. The van der Waals surface area contributed by atoms with Gasteiger partial charge in [-0.1, -0.05) is 43.2 Å². The molecular formula is C18H17IrN2OSi-. The Morgan fingerprint density at radius 2 is 1.83 bits per heavy atom. The van der Waals surface area contributed by atoms with Gasteiger partial charge in [0.1, 0.15) is 5.58 Å². The average molecular weight is 498 g/mol. The average Bonchev–Trinajstić information content (AvgIpc) is 3.12. The Bertz CT molecular complexity index is 968. The second-order valence-electron chi connectivity index (χ2n) is 6.55. The van der Waals surface area contributed by atoms with E-state index in [2.05, 4.69) is 55.1 Å². The normalized spacial score (nSPS) is 11.8. The van der Waals surface area contributed by atoms with E-state index in [9.17, 15) is 0 Å². The van der Waals surface area contributed by atoms with Gasteiger partial charge in [-0.15, -0.1) is 0 Å². The van der Waals surface area contributed by atoms with Gasteiger partial charge in [-0.25, -0.2) is 0 Å². The van der Waals surface area contributed by atoms with Crippen LogP contribution in [0.2, 0.25) is 19.6 Å². The van der Waals surface area contributed by atoms with E-state index < -0.39 is 8.07 Å². The van der Waals surface area contributed by atoms with Gasteiger partial charge in [0, 0.05) is 43.5 Å². The maximum atomic E-state index is 6.31. The van der Waals surface area contributed by atoms with Gasteiger partial charge in [0.2, 0.25) is 0 Å². The number of hydrogen-bond donors (Lipinski definition) is 0. The summed E-state index contributed by atoms with van der Waals surface area (Å²) in [5.74, 6) is 0. The maximum Gasteiger partial charge on any atom is 0.116 e. The summed E-state index contributed by atoms with van der Waals surface area (Å²) in [4.78, 5) is 0. The first-order valence-corrected chi connectivity index (χ1v) is 10.9. The van der Waals surface area contributed by atoms with Crippen molar-refractivity contribution >= 4 is 35.2 Å². The summed E-state index contributed by atoms with van der Waals surface area (Å²) in [5.41, 5.74) is 2.73. The first kappa shape index (κ1) is 16.2.